The molecule has 0 fully saturated rings. The Kier molecular flexibility index (Phi) is 5.35. The summed E-state index contributed by atoms with van der Waals surface area (Å²) in [5.74, 6) is -0.849. The fourth-order valence-electron chi connectivity index (χ4n) is 2.14. The Morgan fingerprint density at radius 3 is 2.44 bits per heavy atom. The minimum Gasteiger partial charge on any atom is -0.466 e. The van der Waals surface area contributed by atoms with Crippen LogP contribution in [0.3, 0.4) is 0 Å². The third-order valence-corrected chi connectivity index (χ3v) is 3.19. The van der Waals surface area contributed by atoms with Crippen molar-refractivity contribution in [2.75, 3.05) is 6.61 Å². The highest BCUT2D eigenvalue weighted by Crippen LogP contribution is 2.33. The molecule has 0 saturated carbocycles. The monoisotopic (exact) mass is 250 g/mol. The summed E-state index contributed by atoms with van der Waals surface area (Å²) in [5.41, 5.74) is -0.444. The van der Waals surface area contributed by atoms with Gasteiger partial charge in [-0.15, -0.1) is 0 Å². The largest absolute Gasteiger partial charge is 0.466 e. The molecule has 0 aliphatic heterocycles. The second kappa shape index (κ2) is 6.55. The van der Waals surface area contributed by atoms with Crippen LogP contribution in [0.4, 0.5) is 0 Å². The summed E-state index contributed by atoms with van der Waals surface area (Å²) in [4.78, 5) is 12.0. The highest BCUT2D eigenvalue weighted by molar-refractivity contribution is 5.74. The number of ether oxygens (including phenoxy) is 1. The van der Waals surface area contributed by atoms with Gasteiger partial charge in [-0.1, -0.05) is 43.7 Å². The number of benzene rings is 1. The molecule has 18 heavy (non-hydrogen) atoms. The summed E-state index contributed by atoms with van der Waals surface area (Å²) in [6.07, 6.45) is 1.44. The maximum absolute atomic E-state index is 12.0. The van der Waals surface area contributed by atoms with Crippen molar-refractivity contribution in [3.63, 3.8) is 0 Å². The first-order valence-corrected chi connectivity index (χ1v) is 6.48. The predicted molar refractivity (Wildman–Crippen MR) is 71.0 cm³/mol. The molecule has 3 nitrogen and oxygen atoms in total. The quantitative estimate of drug-likeness (QED) is 0.790. The van der Waals surface area contributed by atoms with Crippen LogP contribution in [0.25, 0.3) is 0 Å². The predicted octanol–water partition coefficient (Wildman–Crippen LogP) is 2.87. The van der Waals surface area contributed by atoms with Crippen LogP contribution < -0.4 is 0 Å². The van der Waals surface area contributed by atoms with Gasteiger partial charge in [0.2, 0.25) is 0 Å². The summed E-state index contributed by atoms with van der Waals surface area (Å²) in [7, 11) is 0. The Bertz CT molecular complexity index is 371. The maximum atomic E-state index is 12.0. The van der Waals surface area contributed by atoms with E-state index in [0.717, 1.165) is 12.0 Å². The zero-order valence-electron chi connectivity index (χ0n) is 11.3. The van der Waals surface area contributed by atoms with Crippen LogP contribution in [0, 0.1) is 5.92 Å². The lowest BCUT2D eigenvalue weighted by Crippen LogP contribution is -2.38. The molecule has 100 valence electrons. The van der Waals surface area contributed by atoms with Crippen molar-refractivity contribution in [2.45, 2.75) is 39.2 Å². The third kappa shape index (κ3) is 3.33. The Hall–Kier alpha value is -1.35. The zero-order valence-corrected chi connectivity index (χ0v) is 11.3. The number of hydrogen-bond acceptors (Lipinski definition) is 3. The van der Waals surface area contributed by atoms with E-state index in [-0.39, 0.29) is 5.97 Å². The van der Waals surface area contributed by atoms with Gasteiger partial charge in [-0.25, -0.2) is 0 Å². The standard InChI is InChI=1S/C15H22O3/c1-4-9-13(14(16)18-5-2)15(3,17)12-10-7-6-8-11-12/h6-8,10-11,13,17H,4-5,9H2,1-3H3/t13-,15-/m0/s1. The summed E-state index contributed by atoms with van der Waals surface area (Å²) in [5, 5.41) is 10.7. The van der Waals surface area contributed by atoms with Gasteiger partial charge in [-0.05, 0) is 25.8 Å². The normalized spacial score (nSPS) is 15.8. The second-order valence-corrected chi connectivity index (χ2v) is 4.61. The molecule has 2 atom stereocenters. The molecule has 1 aromatic carbocycles. The van der Waals surface area contributed by atoms with Crippen molar-refractivity contribution in [3.05, 3.63) is 35.9 Å². The molecule has 0 aliphatic carbocycles. The molecule has 0 unspecified atom stereocenters. The Morgan fingerprint density at radius 2 is 1.94 bits per heavy atom. The van der Waals surface area contributed by atoms with E-state index in [1.807, 2.05) is 37.3 Å². The molecule has 3 heteroatoms. The van der Waals surface area contributed by atoms with Gasteiger partial charge in [-0.3, -0.25) is 4.79 Å². The second-order valence-electron chi connectivity index (χ2n) is 4.61. The molecule has 1 N–H and O–H groups in total. The first-order chi connectivity index (χ1) is 8.54. The average molecular weight is 250 g/mol. The van der Waals surface area contributed by atoms with Gasteiger partial charge in [0.1, 0.15) is 5.60 Å². The molecule has 0 spiro atoms. The molecule has 0 heterocycles. The van der Waals surface area contributed by atoms with Gasteiger partial charge in [0.25, 0.3) is 0 Å². The molecule has 0 saturated heterocycles. The number of carbonyl (C=O) groups is 1. The first-order valence-electron chi connectivity index (χ1n) is 6.48. The molecule has 0 amide bonds. The van der Waals surface area contributed by atoms with Crippen molar-refractivity contribution < 1.29 is 14.6 Å². The highest BCUT2D eigenvalue weighted by Gasteiger charge is 2.39. The van der Waals surface area contributed by atoms with E-state index in [9.17, 15) is 9.90 Å². The Morgan fingerprint density at radius 1 is 1.33 bits per heavy atom. The molecular formula is C15H22O3. The summed E-state index contributed by atoms with van der Waals surface area (Å²) >= 11 is 0. The van der Waals surface area contributed by atoms with Crippen LogP contribution in [0.15, 0.2) is 30.3 Å². The first kappa shape index (κ1) is 14.7. The summed E-state index contributed by atoms with van der Waals surface area (Å²) in [6.45, 7) is 5.79. The van der Waals surface area contributed by atoms with Gasteiger partial charge < -0.3 is 9.84 Å². The van der Waals surface area contributed by atoms with Gasteiger partial charge >= 0.3 is 5.97 Å². The van der Waals surface area contributed by atoms with E-state index in [1.54, 1.807) is 13.8 Å². The Balaban J connectivity index is 3.00. The van der Waals surface area contributed by atoms with Gasteiger partial charge in [0, 0.05) is 0 Å². The van der Waals surface area contributed by atoms with E-state index in [4.69, 9.17) is 4.74 Å². The van der Waals surface area contributed by atoms with Crippen molar-refractivity contribution >= 4 is 5.97 Å². The van der Waals surface area contributed by atoms with E-state index in [1.165, 1.54) is 0 Å². The number of rotatable bonds is 6. The van der Waals surface area contributed by atoms with Crippen LogP contribution in [0.5, 0.6) is 0 Å². The van der Waals surface area contributed by atoms with Crippen molar-refractivity contribution in [1.82, 2.24) is 0 Å². The maximum Gasteiger partial charge on any atom is 0.312 e. The fraction of sp³-hybridized carbons (Fsp3) is 0.533. The van der Waals surface area contributed by atoms with Gasteiger partial charge in [0.05, 0.1) is 12.5 Å². The zero-order chi connectivity index (χ0) is 13.6. The lowest BCUT2D eigenvalue weighted by atomic mass is 9.80. The van der Waals surface area contributed by atoms with E-state index in [0.29, 0.717) is 13.0 Å². The minimum absolute atomic E-state index is 0.326. The molecular weight excluding hydrogens is 228 g/mol. The smallest absolute Gasteiger partial charge is 0.312 e. The van der Waals surface area contributed by atoms with Crippen molar-refractivity contribution in [3.8, 4) is 0 Å². The number of esters is 1. The number of carbonyl (C=O) groups excluding carboxylic acids is 1. The van der Waals surface area contributed by atoms with Crippen LogP contribution >= 0.6 is 0 Å². The minimum atomic E-state index is -1.19. The van der Waals surface area contributed by atoms with Crippen molar-refractivity contribution in [2.24, 2.45) is 5.92 Å². The lowest BCUT2D eigenvalue weighted by Gasteiger charge is -2.31. The molecule has 0 radical (unpaired) electrons. The summed E-state index contributed by atoms with van der Waals surface area (Å²) in [6, 6.07) is 9.28. The van der Waals surface area contributed by atoms with E-state index in [2.05, 4.69) is 0 Å². The molecule has 1 rings (SSSR count). The van der Waals surface area contributed by atoms with Crippen LogP contribution in [-0.2, 0) is 15.1 Å². The third-order valence-electron chi connectivity index (χ3n) is 3.19. The van der Waals surface area contributed by atoms with E-state index >= 15 is 0 Å². The van der Waals surface area contributed by atoms with Crippen LogP contribution in [0.2, 0.25) is 0 Å². The highest BCUT2D eigenvalue weighted by atomic mass is 16.5. The topological polar surface area (TPSA) is 46.5 Å². The van der Waals surface area contributed by atoms with Crippen molar-refractivity contribution in [1.29, 1.82) is 0 Å². The SMILES string of the molecule is CCC[C@@H](C(=O)OCC)[C@@](C)(O)c1ccccc1. The molecule has 0 aromatic heterocycles. The fourth-order valence-corrected chi connectivity index (χ4v) is 2.14. The molecule has 1 aromatic rings. The summed E-state index contributed by atoms with van der Waals surface area (Å²) < 4.78 is 5.07. The number of hydrogen-bond donors (Lipinski definition) is 1. The van der Waals surface area contributed by atoms with Crippen LogP contribution in [-0.4, -0.2) is 17.7 Å². The molecule has 0 aliphatic rings. The van der Waals surface area contributed by atoms with Crippen LogP contribution in [0.1, 0.15) is 39.2 Å². The van der Waals surface area contributed by atoms with Gasteiger partial charge in [0.15, 0.2) is 0 Å². The lowest BCUT2D eigenvalue weighted by molar-refractivity contribution is -0.158. The van der Waals surface area contributed by atoms with Gasteiger partial charge in [-0.2, -0.15) is 0 Å². The van der Waals surface area contributed by atoms with E-state index < -0.39 is 11.5 Å². The Labute approximate surface area is 109 Å². The average Bonchev–Trinajstić information content (AvgIpc) is 2.37. The molecule has 0 bridgehead atoms. The number of aliphatic hydroxyl groups is 1.